The summed E-state index contributed by atoms with van der Waals surface area (Å²) in [6, 6.07) is 0.598. The summed E-state index contributed by atoms with van der Waals surface area (Å²) in [6.45, 7) is 6.10. The fourth-order valence-electron chi connectivity index (χ4n) is 1.14. The van der Waals surface area contributed by atoms with E-state index < -0.39 is 8.80 Å². The van der Waals surface area contributed by atoms with Gasteiger partial charge < -0.3 is 13.3 Å². The molecule has 90 valence electrons. The fraction of sp³-hybridized carbons (Fsp3) is 0.778. The van der Waals surface area contributed by atoms with Crippen LogP contribution in [-0.4, -0.2) is 42.8 Å². The van der Waals surface area contributed by atoms with E-state index in [1.54, 1.807) is 27.4 Å². The molecule has 0 bridgehead atoms. The summed E-state index contributed by atoms with van der Waals surface area (Å²) >= 11 is 0. The van der Waals surface area contributed by atoms with Crippen LogP contribution in [0.25, 0.3) is 0 Å². The highest BCUT2D eigenvalue weighted by Gasteiger charge is 2.39. The maximum absolute atomic E-state index is 5.32. The van der Waals surface area contributed by atoms with Gasteiger partial charge in [-0.05, 0) is 6.92 Å². The first-order valence-corrected chi connectivity index (χ1v) is 6.72. The standard InChI is InChI=1S/C9H21NO4Si/c1-6-7-10-14-9(2)8-15(11-3,12-4)13-5/h6,9-10H,1,7-8H2,2-5H3. The number of hydrogen-bond donors (Lipinski definition) is 1. The summed E-state index contributed by atoms with van der Waals surface area (Å²) in [5, 5.41) is 0. The van der Waals surface area contributed by atoms with Gasteiger partial charge in [0.1, 0.15) is 0 Å². The first kappa shape index (κ1) is 14.8. The van der Waals surface area contributed by atoms with Gasteiger partial charge in [-0.1, -0.05) is 6.08 Å². The first-order chi connectivity index (χ1) is 7.14. The largest absolute Gasteiger partial charge is 0.502 e. The van der Waals surface area contributed by atoms with E-state index in [2.05, 4.69) is 12.1 Å². The maximum atomic E-state index is 5.32. The second-order valence-electron chi connectivity index (χ2n) is 3.07. The van der Waals surface area contributed by atoms with Gasteiger partial charge in [-0.15, -0.1) is 6.58 Å². The Balaban J connectivity index is 3.99. The van der Waals surface area contributed by atoms with Gasteiger partial charge in [0, 0.05) is 33.9 Å². The molecule has 0 saturated heterocycles. The minimum absolute atomic E-state index is 0.0449. The van der Waals surface area contributed by atoms with Gasteiger partial charge in [0.2, 0.25) is 0 Å². The van der Waals surface area contributed by atoms with Crippen molar-refractivity contribution in [1.29, 1.82) is 0 Å². The SMILES string of the molecule is C=CCNOC(C)C[Si](OC)(OC)OC. The van der Waals surface area contributed by atoms with Crippen molar-refractivity contribution in [2.75, 3.05) is 27.9 Å². The van der Waals surface area contributed by atoms with E-state index in [1.165, 1.54) is 0 Å². The van der Waals surface area contributed by atoms with Crippen LogP contribution in [0.4, 0.5) is 0 Å². The smallest absolute Gasteiger partial charge is 0.377 e. The van der Waals surface area contributed by atoms with Gasteiger partial charge in [0.05, 0.1) is 6.10 Å². The lowest BCUT2D eigenvalue weighted by molar-refractivity contribution is -0.0104. The Morgan fingerprint density at radius 3 is 2.20 bits per heavy atom. The lowest BCUT2D eigenvalue weighted by Gasteiger charge is -2.26. The van der Waals surface area contributed by atoms with Crippen LogP contribution in [0.2, 0.25) is 6.04 Å². The molecule has 0 aliphatic rings. The normalized spacial score (nSPS) is 13.9. The molecule has 0 aliphatic heterocycles. The Hall–Kier alpha value is -0.243. The molecule has 5 nitrogen and oxygen atoms in total. The van der Waals surface area contributed by atoms with Gasteiger partial charge in [0.15, 0.2) is 0 Å². The van der Waals surface area contributed by atoms with Crippen molar-refractivity contribution < 1.29 is 18.1 Å². The van der Waals surface area contributed by atoms with Gasteiger partial charge in [-0.25, -0.2) is 0 Å². The van der Waals surface area contributed by atoms with Crippen molar-refractivity contribution in [3.05, 3.63) is 12.7 Å². The summed E-state index contributed by atoms with van der Waals surface area (Å²) < 4.78 is 15.8. The predicted octanol–water partition coefficient (Wildman–Crippen LogP) is 0.960. The molecular formula is C9H21NO4Si. The minimum Gasteiger partial charge on any atom is -0.377 e. The zero-order valence-corrected chi connectivity index (χ0v) is 10.9. The molecule has 15 heavy (non-hydrogen) atoms. The molecule has 0 rings (SSSR count). The van der Waals surface area contributed by atoms with Crippen molar-refractivity contribution in [3.63, 3.8) is 0 Å². The minimum atomic E-state index is -2.53. The number of hydroxylamine groups is 1. The molecule has 1 N–H and O–H groups in total. The second-order valence-corrected chi connectivity index (χ2v) is 6.06. The van der Waals surface area contributed by atoms with Crippen LogP contribution in [0.15, 0.2) is 12.7 Å². The highest BCUT2D eigenvalue weighted by atomic mass is 28.4. The van der Waals surface area contributed by atoms with E-state index in [9.17, 15) is 0 Å². The number of rotatable bonds is 9. The average molecular weight is 235 g/mol. The topological polar surface area (TPSA) is 49.0 Å². The van der Waals surface area contributed by atoms with E-state index in [0.717, 1.165) is 0 Å². The van der Waals surface area contributed by atoms with E-state index >= 15 is 0 Å². The average Bonchev–Trinajstić information content (AvgIpc) is 2.26. The number of hydrogen-bond acceptors (Lipinski definition) is 5. The van der Waals surface area contributed by atoms with Crippen LogP contribution in [-0.2, 0) is 18.1 Å². The van der Waals surface area contributed by atoms with Crippen LogP contribution >= 0.6 is 0 Å². The Bertz CT molecular complexity index is 167. The van der Waals surface area contributed by atoms with Crippen LogP contribution in [0.3, 0.4) is 0 Å². The van der Waals surface area contributed by atoms with Gasteiger partial charge in [-0.3, -0.25) is 4.84 Å². The quantitative estimate of drug-likeness (QED) is 0.279. The Labute approximate surface area is 92.7 Å². The fourth-order valence-corrected chi connectivity index (χ4v) is 2.93. The van der Waals surface area contributed by atoms with E-state index in [1.807, 2.05) is 6.92 Å². The van der Waals surface area contributed by atoms with Crippen LogP contribution in [0.5, 0.6) is 0 Å². The molecule has 0 heterocycles. The molecule has 0 fully saturated rings. The Morgan fingerprint density at radius 2 is 1.80 bits per heavy atom. The van der Waals surface area contributed by atoms with Gasteiger partial charge in [-0.2, -0.15) is 5.48 Å². The molecule has 0 radical (unpaired) electrons. The van der Waals surface area contributed by atoms with Crippen molar-refractivity contribution in [1.82, 2.24) is 5.48 Å². The lowest BCUT2D eigenvalue weighted by Crippen LogP contribution is -2.46. The lowest BCUT2D eigenvalue weighted by atomic mass is 10.5. The Morgan fingerprint density at radius 1 is 1.27 bits per heavy atom. The predicted molar refractivity (Wildman–Crippen MR) is 60.3 cm³/mol. The summed E-state index contributed by atoms with van der Waals surface area (Å²) in [5.41, 5.74) is 2.77. The van der Waals surface area contributed by atoms with Crippen molar-refractivity contribution in [3.8, 4) is 0 Å². The highest BCUT2D eigenvalue weighted by Crippen LogP contribution is 2.16. The monoisotopic (exact) mass is 235 g/mol. The molecule has 0 aromatic rings. The molecule has 6 heteroatoms. The summed E-state index contributed by atoms with van der Waals surface area (Å²) in [5.74, 6) is 0. The molecule has 0 saturated carbocycles. The third kappa shape index (κ3) is 5.40. The third-order valence-electron chi connectivity index (χ3n) is 1.98. The summed E-state index contributed by atoms with van der Waals surface area (Å²) in [7, 11) is 2.23. The van der Waals surface area contributed by atoms with Crippen LogP contribution < -0.4 is 5.48 Å². The molecule has 0 aliphatic carbocycles. The maximum Gasteiger partial charge on any atom is 0.502 e. The third-order valence-corrected chi connectivity index (χ3v) is 4.92. The Kier molecular flexibility index (Phi) is 7.84. The summed E-state index contributed by atoms with van der Waals surface area (Å²) in [6.07, 6.45) is 1.68. The molecule has 0 aromatic carbocycles. The zero-order valence-electron chi connectivity index (χ0n) is 9.91. The number of nitrogens with one attached hydrogen (secondary N) is 1. The second kappa shape index (κ2) is 7.97. The van der Waals surface area contributed by atoms with Crippen LogP contribution in [0, 0.1) is 0 Å². The first-order valence-electron chi connectivity index (χ1n) is 4.79. The van der Waals surface area contributed by atoms with Crippen molar-refractivity contribution >= 4 is 8.80 Å². The highest BCUT2D eigenvalue weighted by molar-refractivity contribution is 6.60. The molecule has 1 unspecified atom stereocenters. The molecule has 0 spiro atoms. The molecule has 0 amide bonds. The van der Waals surface area contributed by atoms with E-state index in [0.29, 0.717) is 12.6 Å². The van der Waals surface area contributed by atoms with E-state index in [-0.39, 0.29) is 6.10 Å². The molecular weight excluding hydrogens is 214 g/mol. The van der Waals surface area contributed by atoms with Crippen molar-refractivity contribution in [2.24, 2.45) is 0 Å². The van der Waals surface area contributed by atoms with Gasteiger partial charge in [0.25, 0.3) is 0 Å². The van der Waals surface area contributed by atoms with E-state index in [4.69, 9.17) is 18.1 Å². The molecule has 1 atom stereocenters. The van der Waals surface area contributed by atoms with Crippen molar-refractivity contribution in [2.45, 2.75) is 19.1 Å². The van der Waals surface area contributed by atoms with Crippen LogP contribution in [0.1, 0.15) is 6.92 Å². The molecule has 0 aromatic heterocycles. The summed E-state index contributed by atoms with van der Waals surface area (Å²) in [4.78, 5) is 5.32. The zero-order chi connectivity index (χ0) is 11.7. The van der Waals surface area contributed by atoms with Gasteiger partial charge >= 0.3 is 8.80 Å².